The highest BCUT2D eigenvalue weighted by Crippen LogP contribution is 2.32. The minimum Gasteiger partial charge on any atom is -0.493 e. The molecule has 1 N–H and O–H groups in total. The van der Waals surface area contributed by atoms with E-state index in [9.17, 15) is 9.90 Å². The van der Waals surface area contributed by atoms with E-state index in [0.717, 1.165) is 0 Å². The topological polar surface area (TPSA) is 65.0 Å². The molecular weight excluding hydrogens is 248 g/mol. The summed E-state index contributed by atoms with van der Waals surface area (Å²) in [7, 11) is 2.86. The third-order valence-electron chi connectivity index (χ3n) is 2.77. The zero-order valence-corrected chi connectivity index (χ0v) is 11.7. The molecule has 106 valence electrons. The number of para-hydroxylation sites is 1. The lowest BCUT2D eigenvalue weighted by atomic mass is 9.95. The lowest BCUT2D eigenvalue weighted by Gasteiger charge is -2.23. The van der Waals surface area contributed by atoms with Crippen molar-refractivity contribution in [3.05, 3.63) is 23.8 Å². The Morgan fingerprint density at radius 3 is 2.53 bits per heavy atom. The second-order valence-corrected chi connectivity index (χ2v) is 4.77. The van der Waals surface area contributed by atoms with Crippen LogP contribution in [0.15, 0.2) is 18.2 Å². The summed E-state index contributed by atoms with van der Waals surface area (Å²) >= 11 is 0. The molecule has 1 rings (SSSR count). The Morgan fingerprint density at radius 2 is 2.00 bits per heavy atom. The molecule has 5 nitrogen and oxygen atoms in total. The van der Waals surface area contributed by atoms with Crippen molar-refractivity contribution in [1.82, 2.24) is 0 Å². The number of esters is 1. The average molecular weight is 268 g/mol. The molecule has 0 aromatic heterocycles. The van der Waals surface area contributed by atoms with Crippen LogP contribution in [-0.4, -0.2) is 31.9 Å². The highest BCUT2D eigenvalue weighted by atomic mass is 16.5. The number of methoxy groups -OCH3 is 2. The van der Waals surface area contributed by atoms with Crippen molar-refractivity contribution in [3.63, 3.8) is 0 Å². The number of carbonyl (C=O) groups excluding carboxylic acids is 1. The van der Waals surface area contributed by atoms with Crippen LogP contribution in [0, 0.1) is 5.41 Å². The summed E-state index contributed by atoms with van der Waals surface area (Å²) < 4.78 is 15.6. The molecule has 0 heterocycles. The molecule has 0 unspecified atom stereocenters. The molecule has 0 aliphatic heterocycles. The fourth-order valence-corrected chi connectivity index (χ4v) is 1.60. The number of ether oxygens (including phenoxy) is 3. The van der Waals surface area contributed by atoms with Gasteiger partial charge in [-0.25, -0.2) is 0 Å². The Morgan fingerprint density at radius 1 is 1.32 bits per heavy atom. The number of hydrogen-bond donors (Lipinski definition) is 1. The fourth-order valence-electron chi connectivity index (χ4n) is 1.60. The van der Waals surface area contributed by atoms with Crippen LogP contribution in [0.4, 0.5) is 0 Å². The van der Waals surface area contributed by atoms with E-state index in [1.165, 1.54) is 14.2 Å². The van der Waals surface area contributed by atoms with Gasteiger partial charge in [0.05, 0.1) is 26.2 Å². The average Bonchev–Trinajstić information content (AvgIpc) is 2.43. The van der Waals surface area contributed by atoms with Crippen molar-refractivity contribution in [3.8, 4) is 11.5 Å². The van der Waals surface area contributed by atoms with E-state index in [1.54, 1.807) is 32.0 Å². The first-order valence-corrected chi connectivity index (χ1v) is 5.94. The van der Waals surface area contributed by atoms with Gasteiger partial charge < -0.3 is 19.3 Å². The Labute approximate surface area is 113 Å². The van der Waals surface area contributed by atoms with E-state index in [0.29, 0.717) is 17.1 Å². The lowest BCUT2D eigenvalue weighted by molar-refractivity contribution is -0.152. The van der Waals surface area contributed by atoms with Crippen LogP contribution in [0.3, 0.4) is 0 Å². The molecule has 0 saturated heterocycles. The molecular formula is C14H20O5. The van der Waals surface area contributed by atoms with Crippen molar-refractivity contribution in [2.75, 3.05) is 20.8 Å². The van der Waals surface area contributed by atoms with Gasteiger partial charge in [0.2, 0.25) is 0 Å². The Hall–Kier alpha value is -1.75. The summed E-state index contributed by atoms with van der Waals surface area (Å²) in [6, 6.07) is 5.24. The van der Waals surface area contributed by atoms with Crippen molar-refractivity contribution >= 4 is 5.97 Å². The standard InChI is InChI=1S/C14H20O5/c1-14(2,13(16)18-4)9-19-12-10(8-15)6-5-7-11(12)17-3/h5-7,15H,8-9H2,1-4H3. The van der Waals surface area contributed by atoms with Crippen LogP contribution in [0.25, 0.3) is 0 Å². The quantitative estimate of drug-likeness (QED) is 0.796. The molecule has 1 aromatic rings. The predicted octanol–water partition coefficient (Wildman–Crippen LogP) is 1.77. The van der Waals surface area contributed by atoms with E-state index < -0.39 is 5.41 Å². The first-order chi connectivity index (χ1) is 8.96. The van der Waals surface area contributed by atoms with Gasteiger partial charge in [0, 0.05) is 5.56 Å². The summed E-state index contributed by atoms with van der Waals surface area (Å²) in [5.41, 5.74) is -0.164. The second kappa shape index (κ2) is 6.43. The molecule has 0 saturated carbocycles. The molecule has 0 fully saturated rings. The van der Waals surface area contributed by atoms with Gasteiger partial charge >= 0.3 is 5.97 Å². The van der Waals surface area contributed by atoms with E-state index in [4.69, 9.17) is 14.2 Å². The highest BCUT2D eigenvalue weighted by molar-refractivity contribution is 5.75. The summed E-state index contributed by atoms with van der Waals surface area (Å²) in [5.74, 6) is 0.615. The van der Waals surface area contributed by atoms with Crippen LogP contribution in [0.2, 0.25) is 0 Å². The maximum atomic E-state index is 11.6. The van der Waals surface area contributed by atoms with Crippen LogP contribution in [-0.2, 0) is 16.1 Å². The summed E-state index contributed by atoms with van der Waals surface area (Å²) in [6.07, 6.45) is 0. The molecule has 0 aliphatic carbocycles. The third kappa shape index (κ3) is 3.61. The van der Waals surface area contributed by atoms with Crippen LogP contribution in [0.1, 0.15) is 19.4 Å². The fraction of sp³-hybridized carbons (Fsp3) is 0.500. The number of hydrogen-bond acceptors (Lipinski definition) is 5. The zero-order valence-electron chi connectivity index (χ0n) is 11.7. The van der Waals surface area contributed by atoms with Crippen molar-refractivity contribution in [2.45, 2.75) is 20.5 Å². The van der Waals surface area contributed by atoms with E-state index in [1.807, 2.05) is 0 Å². The zero-order chi connectivity index (χ0) is 14.5. The van der Waals surface area contributed by atoms with Crippen molar-refractivity contribution < 1.29 is 24.1 Å². The number of benzene rings is 1. The Balaban J connectivity index is 2.91. The number of aliphatic hydroxyl groups is 1. The monoisotopic (exact) mass is 268 g/mol. The van der Waals surface area contributed by atoms with Crippen LogP contribution in [0.5, 0.6) is 11.5 Å². The van der Waals surface area contributed by atoms with Gasteiger partial charge in [-0.1, -0.05) is 12.1 Å². The number of aliphatic hydroxyl groups excluding tert-OH is 1. The first kappa shape index (κ1) is 15.3. The maximum Gasteiger partial charge on any atom is 0.314 e. The summed E-state index contributed by atoms with van der Waals surface area (Å²) in [6.45, 7) is 3.43. The van der Waals surface area contributed by atoms with Crippen LogP contribution >= 0.6 is 0 Å². The molecule has 0 spiro atoms. The lowest BCUT2D eigenvalue weighted by Crippen LogP contribution is -2.32. The minimum absolute atomic E-state index is 0.132. The smallest absolute Gasteiger partial charge is 0.314 e. The van der Waals surface area contributed by atoms with Gasteiger partial charge in [0.25, 0.3) is 0 Å². The minimum atomic E-state index is -0.775. The molecule has 19 heavy (non-hydrogen) atoms. The van der Waals surface area contributed by atoms with E-state index in [2.05, 4.69) is 0 Å². The summed E-state index contributed by atoms with van der Waals surface area (Å²) in [5, 5.41) is 9.30. The van der Waals surface area contributed by atoms with Gasteiger partial charge in [0.1, 0.15) is 6.61 Å². The number of rotatable bonds is 6. The van der Waals surface area contributed by atoms with Crippen LogP contribution < -0.4 is 9.47 Å². The Kier molecular flexibility index (Phi) is 5.18. The largest absolute Gasteiger partial charge is 0.493 e. The molecule has 1 aromatic carbocycles. The third-order valence-corrected chi connectivity index (χ3v) is 2.77. The first-order valence-electron chi connectivity index (χ1n) is 5.94. The summed E-state index contributed by atoms with van der Waals surface area (Å²) in [4.78, 5) is 11.6. The molecule has 0 aliphatic rings. The van der Waals surface area contributed by atoms with Gasteiger partial charge in [-0.15, -0.1) is 0 Å². The van der Waals surface area contributed by atoms with Gasteiger partial charge in [-0.2, -0.15) is 0 Å². The highest BCUT2D eigenvalue weighted by Gasteiger charge is 2.30. The molecule has 0 atom stereocenters. The SMILES string of the molecule is COC(=O)C(C)(C)COc1c(CO)cccc1OC. The van der Waals surface area contributed by atoms with E-state index in [-0.39, 0.29) is 19.2 Å². The van der Waals surface area contributed by atoms with Crippen molar-refractivity contribution in [2.24, 2.45) is 5.41 Å². The van der Waals surface area contributed by atoms with E-state index >= 15 is 0 Å². The number of carbonyl (C=O) groups is 1. The van der Waals surface area contributed by atoms with Gasteiger partial charge in [0.15, 0.2) is 11.5 Å². The molecule has 5 heteroatoms. The predicted molar refractivity (Wildman–Crippen MR) is 70.2 cm³/mol. The van der Waals surface area contributed by atoms with Gasteiger partial charge in [-0.3, -0.25) is 4.79 Å². The normalized spacial score (nSPS) is 11.0. The Bertz CT molecular complexity index is 417. The van der Waals surface area contributed by atoms with Crippen molar-refractivity contribution in [1.29, 1.82) is 0 Å². The van der Waals surface area contributed by atoms with Gasteiger partial charge in [-0.05, 0) is 19.9 Å². The molecule has 0 bridgehead atoms. The molecule has 0 amide bonds. The molecule has 0 radical (unpaired) electrons. The maximum absolute atomic E-state index is 11.6. The second-order valence-electron chi connectivity index (χ2n) is 4.77.